The molecule has 1 aromatic heterocycles. The fourth-order valence-electron chi connectivity index (χ4n) is 3.03. The van der Waals surface area contributed by atoms with Crippen molar-refractivity contribution < 1.29 is 14.5 Å². The van der Waals surface area contributed by atoms with Crippen molar-refractivity contribution in [1.82, 2.24) is 20.4 Å². The quantitative estimate of drug-likeness (QED) is 0.306. The van der Waals surface area contributed by atoms with Gasteiger partial charge in [-0.15, -0.1) is 6.42 Å². The van der Waals surface area contributed by atoms with Crippen LogP contribution >= 0.6 is 0 Å². The number of nitro benzene ring substituents is 1. The summed E-state index contributed by atoms with van der Waals surface area (Å²) in [6, 6.07) is 15.4. The molecule has 0 atom stereocenters. The molecule has 1 heterocycles. The third-order valence-corrected chi connectivity index (χ3v) is 4.58. The molecule has 0 spiro atoms. The molecule has 0 radical (unpaired) electrons. The van der Waals surface area contributed by atoms with Crippen molar-refractivity contribution >= 4 is 17.5 Å². The van der Waals surface area contributed by atoms with E-state index in [4.69, 9.17) is 6.42 Å². The number of aromatic nitrogens is 2. The van der Waals surface area contributed by atoms with Crippen LogP contribution in [0.25, 0.3) is 16.9 Å². The van der Waals surface area contributed by atoms with Gasteiger partial charge in [0.15, 0.2) is 0 Å². The number of non-ortho nitro benzene ring substituents is 1. The highest BCUT2D eigenvalue weighted by molar-refractivity contribution is 5.82. The average molecular weight is 431 g/mol. The standard InChI is InChI=1S/C23H21N5O4/c1-2-13-24-21(29)12-14-25-22(30)15-18-16-27(19-6-4-3-5-7-19)26-23(18)17-8-10-20(11-9-17)28(31)32/h1,3-11,16H,12-15H2,(H,24,29)(H,25,30). The Kier molecular flexibility index (Phi) is 7.33. The number of benzene rings is 2. The van der Waals surface area contributed by atoms with Crippen molar-refractivity contribution in [2.24, 2.45) is 0 Å². The van der Waals surface area contributed by atoms with Crippen LogP contribution in [0.2, 0.25) is 0 Å². The molecule has 0 aliphatic rings. The van der Waals surface area contributed by atoms with Crippen LogP contribution in [0, 0.1) is 22.5 Å². The smallest absolute Gasteiger partial charge is 0.269 e. The summed E-state index contributed by atoms with van der Waals surface area (Å²) in [6.45, 7) is 0.318. The van der Waals surface area contributed by atoms with Crippen molar-refractivity contribution in [3.05, 3.63) is 76.5 Å². The second-order valence-corrected chi connectivity index (χ2v) is 6.84. The van der Waals surface area contributed by atoms with Crippen molar-refractivity contribution in [2.75, 3.05) is 13.1 Å². The Hall–Kier alpha value is -4.45. The van der Waals surface area contributed by atoms with Gasteiger partial charge < -0.3 is 10.6 Å². The van der Waals surface area contributed by atoms with E-state index in [9.17, 15) is 19.7 Å². The summed E-state index contributed by atoms with van der Waals surface area (Å²) < 4.78 is 1.66. The number of rotatable bonds is 9. The number of amides is 2. The zero-order chi connectivity index (χ0) is 22.9. The Morgan fingerprint density at radius 3 is 2.44 bits per heavy atom. The van der Waals surface area contributed by atoms with Crippen LogP contribution in [0.3, 0.4) is 0 Å². The highest BCUT2D eigenvalue weighted by Crippen LogP contribution is 2.26. The minimum atomic E-state index is -0.472. The van der Waals surface area contributed by atoms with Crippen LogP contribution in [-0.4, -0.2) is 39.6 Å². The molecule has 0 aliphatic heterocycles. The van der Waals surface area contributed by atoms with Gasteiger partial charge in [0, 0.05) is 42.4 Å². The lowest BCUT2D eigenvalue weighted by Gasteiger charge is -2.06. The van der Waals surface area contributed by atoms with Gasteiger partial charge in [0.1, 0.15) is 0 Å². The van der Waals surface area contributed by atoms with Gasteiger partial charge in [-0.3, -0.25) is 19.7 Å². The second kappa shape index (κ2) is 10.5. The number of carbonyl (C=O) groups excluding carboxylic acids is 2. The third-order valence-electron chi connectivity index (χ3n) is 4.58. The van der Waals surface area contributed by atoms with Crippen LogP contribution < -0.4 is 10.6 Å². The van der Waals surface area contributed by atoms with Crippen molar-refractivity contribution in [1.29, 1.82) is 0 Å². The first-order valence-corrected chi connectivity index (χ1v) is 9.83. The van der Waals surface area contributed by atoms with Crippen LogP contribution in [0.4, 0.5) is 5.69 Å². The number of terminal acetylenes is 1. The van der Waals surface area contributed by atoms with Crippen LogP contribution in [-0.2, 0) is 16.0 Å². The first kappa shape index (κ1) is 22.2. The van der Waals surface area contributed by atoms with Crippen LogP contribution in [0.1, 0.15) is 12.0 Å². The molecule has 3 rings (SSSR count). The van der Waals surface area contributed by atoms with E-state index in [1.165, 1.54) is 12.1 Å². The number of hydrogen-bond donors (Lipinski definition) is 2. The third kappa shape index (κ3) is 5.79. The number of hydrogen-bond acceptors (Lipinski definition) is 5. The molecule has 2 amide bonds. The van der Waals surface area contributed by atoms with Gasteiger partial charge in [-0.2, -0.15) is 5.10 Å². The highest BCUT2D eigenvalue weighted by atomic mass is 16.6. The van der Waals surface area contributed by atoms with E-state index in [0.29, 0.717) is 16.8 Å². The van der Waals surface area contributed by atoms with E-state index in [1.807, 2.05) is 30.3 Å². The zero-order valence-electron chi connectivity index (χ0n) is 17.2. The predicted molar refractivity (Wildman–Crippen MR) is 119 cm³/mol. The van der Waals surface area contributed by atoms with Gasteiger partial charge in [-0.05, 0) is 24.3 Å². The van der Waals surface area contributed by atoms with E-state index in [0.717, 1.165) is 5.69 Å². The molecule has 0 aliphatic carbocycles. The highest BCUT2D eigenvalue weighted by Gasteiger charge is 2.17. The Morgan fingerprint density at radius 2 is 1.78 bits per heavy atom. The van der Waals surface area contributed by atoms with Crippen molar-refractivity contribution in [3.63, 3.8) is 0 Å². The molecule has 9 nitrogen and oxygen atoms in total. The van der Waals surface area contributed by atoms with Crippen molar-refractivity contribution in [3.8, 4) is 29.3 Å². The maximum Gasteiger partial charge on any atom is 0.269 e. The van der Waals surface area contributed by atoms with Gasteiger partial charge in [0.05, 0.1) is 29.3 Å². The fourth-order valence-corrected chi connectivity index (χ4v) is 3.03. The Bertz CT molecular complexity index is 1150. The lowest BCUT2D eigenvalue weighted by atomic mass is 10.1. The van der Waals surface area contributed by atoms with E-state index in [1.54, 1.807) is 23.0 Å². The van der Waals surface area contributed by atoms with E-state index >= 15 is 0 Å². The molecule has 0 fully saturated rings. The van der Waals surface area contributed by atoms with Gasteiger partial charge in [0.2, 0.25) is 11.8 Å². The second-order valence-electron chi connectivity index (χ2n) is 6.84. The molecule has 2 aromatic carbocycles. The maximum atomic E-state index is 12.5. The SMILES string of the molecule is C#CCNC(=O)CCNC(=O)Cc1cn(-c2ccccc2)nc1-c1ccc([N+](=O)[O-])cc1. The Morgan fingerprint density at radius 1 is 1.06 bits per heavy atom. The summed E-state index contributed by atoms with van der Waals surface area (Å²) in [5.74, 6) is 1.80. The first-order chi connectivity index (χ1) is 15.5. The molecule has 0 unspecified atom stereocenters. The molecule has 0 saturated carbocycles. The average Bonchev–Trinajstić information content (AvgIpc) is 3.22. The molecule has 32 heavy (non-hydrogen) atoms. The Balaban J connectivity index is 1.78. The zero-order valence-corrected chi connectivity index (χ0v) is 17.2. The summed E-state index contributed by atoms with van der Waals surface area (Å²) in [7, 11) is 0. The molecule has 0 bridgehead atoms. The lowest BCUT2D eigenvalue weighted by Crippen LogP contribution is -2.31. The first-order valence-electron chi connectivity index (χ1n) is 9.83. The minimum absolute atomic E-state index is 0.0290. The van der Waals surface area contributed by atoms with Gasteiger partial charge >= 0.3 is 0 Å². The Labute approximate surface area is 184 Å². The normalized spacial score (nSPS) is 10.2. The molecule has 162 valence electrons. The summed E-state index contributed by atoms with van der Waals surface area (Å²) in [5.41, 5.74) is 2.63. The van der Waals surface area contributed by atoms with Crippen LogP contribution in [0.5, 0.6) is 0 Å². The molecule has 2 N–H and O–H groups in total. The summed E-state index contributed by atoms with van der Waals surface area (Å²) in [4.78, 5) is 34.6. The monoisotopic (exact) mass is 431 g/mol. The van der Waals surface area contributed by atoms with Crippen LogP contribution in [0.15, 0.2) is 60.8 Å². The van der Waals surface area contributed by atoms with E-state index in [2.05, 4.69) is 21.7 Å². The fraction of sp³-hybridized carbons (Fsp3) is 0.174. The van der Waals surface area contributed by atoms with E-state index < -0.39 is 4.92 Å². The minimum Gasteiger partial charge on any atom is -0.355 e. The number of nitrogens with one attached hydrogen (secondary N) is 2. The van der Waals surface area contributed by atoms with Gasteiger partial charge in [-0.25, -0.2) is 4.68 Å². The van der Waals surface area contributed by atoms with Crippen molar-refractivity contribution in [2.45, 2.75) is 12.8 Å². The number of para-hydroxylation sites is 1. The largest absolute Gasteiger partial charge is 0.355 e. The summed E-state index contributed by atoms with van der Waals surface area (Å²) in [5, 5.41) is 20.8. The number of nitro groups is 1. The molecule has 3 aromatic rings. The summed E-state index contributed by atoms with van der Waals surface area (Å²) in [6.07, 6.45) is 7.00. The lowest BCUT2D eigenvalue weighted by molar-refractivity contribution is -0.384. The van der Waals surface area contributed by atoms with Gasteiger partial charge in [0.25, 0.3) is 5.69 Å². The molecular weight excluding hydrogens is 410 g/mol. The summed E-state index contributed by atoms with van der Waals surface area (Å²) >= 11 is 0. The molecule has 9 heteroatoms. The topological polar surface area (TPSA) is 119 Å². The number of nitrogens with zero attached hydrogens (tertiary/aromatic N) is 3. The molecular formula is C23H21N5O4. The molecule has 0 saturated heterocycles. The van der Waals surface area contributed by atoms with Gasteiger partial charge in [-0.1, -0.05) is 24.1 Å². The van der Waals surface area contributed by atoms with E-state index in [-0.39, 0.29) is 43.4 Å². The maximum absolute atomic E-state index is 12.5. The number of carbonyl (C=O) groups is 2. The predicted octanol–water partition coefficient (Wildman–Crippen LogP) is 2.25.